The lowest BCUT2D eigenvalue weighted by atomic mass is 9.90. The van der Waals surface area contributed by atoms with E-state index in [1.807, 2.05) is 0 Å². The first-order valence-corrected chi connectivity index (χ1v) is 4.21. The van der Waals surface area contributed by atoms with Crippen LogP contribution in [0, 0.1) is 0 Å². The van der Waals surface area contributed by atoms with E-state index < -0.39 is 5.54 Å². The van der Waals surface area contributed by atoms with Crippen LogP contribution in [-0.4, -0.2) is 36.9 Å². The highest BCUT2D eigenvalue weighted by Crippen LogP contribution is 2.19. The van der Waals surface area contributed by atoms with E-state index >= 15 is 0 Å². The predicted octanol–water partition coefficient (Wildman–Crippen LogP) is -1.23. The number of hydrogen-bond donors (Lipinski definition) is 4. The van der Waals surface area contributed by atoms with E-state index in [1.165, 1.54) is 0 Å². The molecule has 1 fully saturated rings. The second-order valence-electron chi connectivity index (χ2n) is 3.01. The van der Waals surface area contributed by atoms with E-state index in [0.29, 0.717) is 26.1 Å². The average Bonchev–Trinajstić information content (AvgIpc) is 2.19. The number of ether oxygens (including phenoxy) is 1. The molecule has 1 rings (SSSR count). The van der Waals surface area contributed by atoms with Gasteiger partial charge in [-0.25, -0.2) is 5.43 Å². The average molecular weight is 189 g/mol. The molecule has 0 aromatic rings. The van der Waals surface area contributed by atoms with Crippen LogP contribution in [0.2, 0.25) is 0 Å². The summed E-state index contributed by atoms with van der Waals surface area (Å²) in [5, 5.41) is 8.94. The summed E-state index contributed by atoms with van der Waals surface area (Å²) in [5.41, 5.74) is 6.14. The van der Waals surface area contributed by atoms with Crippen LogP contribution in [0.4, 0.5) is 0 Å². The summed E-state index contributed by atoms with van der Waals surface area (Å²) >= 11 is 0. The topological polar surface area (TPSA) is 82.6 Å². The van der Waals surface area contributed by atoms with Crippen LogP contribution < -0.4 is 16.3 Å². The van der Waals surface area contributed by atoms with Crippen LogP contribution in [-0.2, 0) is 9.53 Å². The fourth-order valence-corrected chi connectivity index (χ4v) is 1.34. The van der Waals surface area contributed by atoms with Crippen molar-refractivity contribution in [2.45, 2.75) is 18.4 Å². The van der Waals surface area contributed by atoms with Crippen molar-refractivity contribution >= 4 is 5.91 Å². The Bertz CT molecular complexity index is 180. The summed E-state index contributed by atoms with van der Waals surface area (Å²) in [7, 11) is 1.60. The third-order valence-electron chi connectivity index (χ3n) is 2.23. The molecule has 1 saturated heterocycles. The molecule has 13 heavy (non-hydrogen) atoms. The molecule has 0 bridgehead atoms. The molecule has 0 aliphatic carbocycles. The largest absolute Gasteiger partial charge is 0.381 e. The summed E-state index contributed by atoms with van der Waals surface area (Å²) in [4.78, 5) is 11.5. The molecule has 4 N–H and O–H groups in total. The van der Waals surface area contributed by atoms with Crippen molar-refractivity contribution in [3.63, 3.8) is 0 Å². The van der Waals surface area contributed by atoms with Crippen LogP contribution >= 0.6 is 0 Å². The summed E-state index contributed by atoms with van der Waals surface area (Å²) in [6.07, 6.45) is 0.939. The molecule has 0 aromatic heterocycles. The number of hydroxylamine groups is 1. The minimum atomic E-state index is -0.902. The first kappa shape index (κ1) is 10.4. The van der Waals surface area contributed by atoms with E-state index in [9.17, 15) is 4.79 Å². The molecule has 6 heteroatoms. The Morgan fingerprint density at radius 2 is 2.08 bits per heavy atom. The van der Waals surface area contributed by atoms with Crippen molar-refractivity contribution in [1.82, 2.24) is 16.3 Å². The number of hydrazine groups is 1. The number of rotatable bonds is 3. The van der Waals surface area contributed by atoms with Crippen molar-refractivity contribution in [3.8, 4) is 0 Å². The van der Waals surface area contributed by atoms with Crippen molar-refractivity contribution in [2.75, 3.05) is 20.3 Å². The molecule has 1 aliphatic rings. The Labute approximate surface area is 76.6 Å². The summed E-state index contributed by atoms with van der Waals surface area (Å²) < 4.78 is 5.10. The van der Waals surface area contributed by atoms with Gasteiger partial charge in [-0.1, -0.05) is 0 Å². The van der Waals surface area contributed by atoms with E-state index in [2.05, 4.69) is 16.3 Å². The standard InChI is InChI=1S/C7H15N3O3/c1-8-9-6(11)7(10-12)2-4-13-5-3-7/h8,10,12H,2-5H2,1H3,(H,9,11). The number of hydrogen-bond acceptors (Lipinski definition) is 5. The quantitative estimate of drug-likeness (QED) is 0.418. The van der Waals surface area contributed by atoms with E-state index in [-0.39, 0.29) is 5.91 Å². The minimum Gasteiger partial charge on any atom is -0.381 e. The molecule has 1 aliphatic heterocycles. The number of amides is 1. The van der Waals surface area contributed by atoms with Gasteiger partial charge in [-0.2, -0.15) is 5.48 Å². The van der Waals surface area contributed by atoms with Crippen molar-refractivity contribution in [1.29, 1.82) is 0 Å². The summed E-state index contributed by atoms with van der Waals surface area (Å²) in [6.45, 7) is 0.954. The van der Waals surface area contributed by atoms with Gasteiger partial charge >= 0.3 is 0 Å². The highest BCUT2D eigenvalue weighted by molar-refractivity contribution is 5.85. The SMILES string of the molecule is CNNC(=O)C1(NO)CCOCC1. The molecule has 0 spiro atoms. The van der Waals surface area contributed by atoms with Gasteiger partial charge in [0.1, 0.15) is 5.54 Å². The normalized spacial score (nSPS) is 21.1. The van der Waals surface area contributed by atoms with E-state index in [0.717, 1.165) is 0 Å². The van der Waals surface area contributed by atoms with E-state index in [4.69, 9.17) is 9.94 Å². The molecule has 1 amide bonds. The maximum atomic E-state index is 11.5. The Kier molecular flexibility index (Phi) is 3.61. The van der Waals surface area contributed by atoms with Crippen molar-refractivity contribution < 1.29 is 14.7 Å². The van der Waals surface area contributed by atoms with Crippen LogP contribution in [0.3, 0.4) is 0 Å². The first-order valence-electron chi connectivity index (χ1n) is 4.21. The smallest absolute Gasteiger partial charge is 0.256 e. The van der Waals surface area contributed by atoms with Gasteiger partial charge in [0.05, 0.1) is 0 Å². The van der Waals surface area contributed by atoms with Gasteiger partial charge < -0.3 is 9.94 Å². The lowest BCUT2D eigenvalue weighted by Gasteiger charge is -2.33. The molecule has 0 radical (unpaired) electrons. The fraction of sp³-hybridized carbons (Fsp3) is 0.857. The second-order valence-corrected chi connectivity index (χ2v) is 3.01. The number of carbonyl (C=O) groups excluding carboxylic acids is 1. The van der Waals surface area contributed by atoms with Crippen molar-refractivity contribution in [3.05, 3.63) is 0 Å². The van der Waals surface area contributed by atoms with Gasteiger partial charge in [-0.3, -0.25) is 10.2 Å². The van der Waals surface area contributed by atoms with Crippen LogP contribution in [0.15, 0.2) is 0 Å². The van der Waals surface area contributed by atoms with Crippen LogP contribution in [0.1, 0.15) is 12.8 Å². The molecule has 0 aromatic carbocycles. The molecule has 76 valence electrons. The lowest BCUT2D eigenvalue weighted by molar-refractivity contribution is -0.139. The molecular formula is C7H15N3O3. The third-order valence-corrected chi connectivity index (χ3v) is 2.23. The Morgan fingerprint density at radius 1 is 1.46 bits per heavy atom. The zero-order valence-electron chi connectivity index (χ0n) is 7.59. The Morgan fingerprint density at radius 3 is 2.54 bits per heavy atom. The zero-order valence-corrected chi connectivity index (χ0v) is 7.59. The van der Waals surface area contributed by atoms with Gasteiger partial charge in [-0.05, 0) is 0 Å². The zero-order chi connectivity index (χ0) is 9.73. The third kappa shape index (κ3) is 2.16. The number of nitrogens with one attached hydrogen (secondary N) is 3. The van der Waals surface area contributed by atoms with Crippen LogP contribution in [0.25, 0.3) is 0 Å². The predicted molar refractivity (Wildman–Crippen MR) is 44.9 cm³/mol. The first-order chi connectivity index (χ1) is 6.25. The maximum Gasteiger partial charge on any atom is 0.256 e. The Hall–Kier alpha value is -0.690. The molecule has 6 nitrogen and oxygen atoms in total. The molecule has 0 unspecified atom stereocenters. The molecule has 0 atom stereocenters. The minimum absolute atomic E-state index is 0.263. The molecule has 0 saturated carbocycles. The monoisotopic (exact) mass is 189 g/mol. The maximum absolute atomic E-state index is 11.5. The van der Waals surface area contributed by atoms with E-state index in [1.54, 1.807) is 7.05 Å². The van der Waals surface area contributed by atoms with Crippen molar-refractivity contribution in [2.24, 2.45) is 0 Å². The molecule has 1 heterocycles. The van der Waals surface area contributed by atoms with Gasteiger partial charge in [0, 0.05) is 33.1 Å². The summed E-state index contributed by atoms with van der Waals surface area (Å²) in [6, 6.07) is 0. The van der Waals surface area contributed by atoms with Gasteiger partial charge in [0.15, 0.2) is 0 Å². The lowest BCUT2D eigenvalue weighted by Crippen LogP contribution is -2.60. The second kappa shape index (κ2) is 4.52. The van der Waals surface area contributed by atoms with Gasteiger partial charge in [0.25, 0.3) is 5.91 Å². The number of carbonyl (C=O) groups is 1. The highest BCUT2D eigenvalue weighted by Gasteiger charge is 2.39. The van der Waals surface area contributed by atoms with Gasteiger partial charge in [0.2, 0.25) is 0 Å². The van der Waals surface area contributed by atoms with Gasteiger partial charge in [-0.15, -0.1) is 0 Å². The summed E-state index contributed by atoms with van der Waals surface area (Å²) in [5.74, 6) is -0.263. The van der Waals surface area contributed by atoms with Crippen LogP contribution in [0.5, 0.6) is 0 Å². The Balaban J connectivity index is 2.61. The molecular weight excluding hydrogens is 174 g/mol. The fourth-order valence-electron chi connectivity index (χ4n) is 1.34. The highest BCUT2D eigenvalue weighted by atomic mass is 16.5.